The van der Waals surface area contributed by atoms with Gasteiger partial charge < -0.3 is 10.6 Å². The number of carbonyl (C=O) groups is 1. The number of benzene rings is 2. The van der Waals surface area contributed by atoms with E-state index in [-0.39, 0.29) is 5.91 Å². The molecule has 0 saturated carbocycles. The van der Waals surface area contributed by atoms with Gasteiger partial charge in [-0.25, -0.2) is 0 Å². The lowest BCUT2D eigenvalue weighted by Crippen LogP contribution is -2.26. The van der Waals surface area contributed by atoms with Gasteiger partial charge in [-0.2, -0.15) is 0 Å². The second-order valence-corrected chi connectivity index (χ2v) is 6.96. The van der Waals surface area contributed by atoms with Crippen LogP contribution < -0.4 is 10.6 Å². The minimum Gasteiger partial charge on any atom is -0.384 e. The number of halogens is 3. The minimum absolute atomic E-state index is 0.212. The molecule has 0 aliphatic heterocycles. The fraction of sp³-hybridized carbons (Fsp3) is 0.158. The molecule has 3 aromatic rings. The number of nitrogens with zero attached hydrogens (tertiary/aromatic N) is 1. The van der Waals surface area contributed by atoms with Crippen molar-refractivity contribution in [2.75, 3.05) is 18.4 Å². The van der Waals surface area contributed by atoms with Crippen LogP contribution in [0.1, 0.15) is 16.8 Å². The molecule has 4 nitrogen and oxygen atoms in total. The molecule has 0 unspecified atom stereocenters. The third-order valence-electron chi connectivity index (χ3n) is 3.84. The maximum atomic E-state index is 12.1. The third kappa shape index (κ3) is 4.58. The van der Waals surface area contributed by atoms with Gasteiger partial charge in [0.1, 0.15) is 0 Å². The van der Waals surface area contributed by atoms with Gasteiger partial charge in [-0.1, -0.05) is 34.8 Å². The van der Waals surface area contributed by atoms with Crippen LogP contribution in [0.5, 0.6) is 0 Å². The van der Waals surface area contributed by atoms with Gasteiger partial charge in [0, 0.05) is 40.4 Å². The van der Waals surface area contributed by atoms with Crippen molar-refractivity contribution in [1.82, 2.24) is 10.3 Å². The van der Waals surface area contributed by atoms with E-state index in [2.05, 4.69) is 15.6 Å². The van der Waals surface area contributed by atoms with Crippen LogP contribution in [0, 0.1) is 0 Å². The van der Waals surface area contributed by atoms with E-state index in [1.807, 2.05) is 24.3 Å². The van der Waals surface area contributed by atoms with Crippen LogP contribution in [0.25, 0.3) is 10.9 Å². The van der Waals surface area contributed by atoms with E-state index in [0.717, 1.165) is 23.0 Å². The van der Waals surface area contributed by atoms with Gasteiger partial charge >= 0.3 is 0 Å². The number of nitrogens with one attached hydrogen (secondary N) is 2. The van der Waals surface area contributed by atoms with E-state index in [1.54, 1.807) is 24.4 Å². The van der Waals surface area contributed by atoms with Crippen molar-refractivity contribution in [3.8, 4) is 0 Å². The van der Waals surface area contributed by atoms with Gasteiger partial charge in [-0.05, 0) is 48.9 Å². The first-order valence-electron chi connectivity index (χ1n) is 8.06. The molecule has 0 aliphatic rings. The molecule has 134 valence electrons. The Morgan fingerprint density at radius 3 is 2.54 bits per heavy atom. The van der Waals surface area contributed by atoms with Crippen molar-refractivity contribution >= 4 is 57.3 Å². The summed E-state index contributed by atoms with van der Waals surface area (Å²) in [5.41, 5.74) is 2.24. The van der Waals surface area contributed by atoms with Gasteiger partial charge in [-0.15, -0.1) is 0 Å². The van der Waals surface area contributed by atoms with Crippen molar-refractivity contribution < 1.29 is 4.79 Å². The molecule has 0 saturated heterocycles. The largest absolute Gasteiger partial charge is 0.384 e. The molecule has 0 bridgehead atoms. The molecule has 0 radical (unpaired) electrons. The fourth-order valence-electron chi connectivity index (χ4n) is 2.56. The fourth-order valence-corrected chi connectivity index (χ4v) is 3.22. The van der Waals surface area contributed by atoms with Gasteiger partial charge in [0.15, 0.2) is 0 Å². The highest BCUT2D eigenvalue weighted by Gasteiger charge is 2.10. The lowest BCUT2D eigenvalue weighted by molar-refractivity contribution is 0.0953. The first-order chi connectivity index (χ1) is 12.5. The number of rotatable bonds is 6. The van der Waals surface area contributed by atoms with Crippen molar-refractivity contribution in [3.05, 3.63) is 69.3 Å². The standard InChI is InChI=1S/C19H16Cl3N3O/c20-12-2-4-14(16(22)10-12)19(26)25-8-1-7-23-17-6-9-24-18-11-13(21)3-5-15(17)18/h2-6,9-11H,1,7-8H2,(H,23,24)(H,25,26). The van der Waals surface area contributed by atoms with Crippen LogP contribution in [0.4, 0.5) is 5.69 Å². The molecule has 3 rings (SSSR count). The van der Waals surface area contributed by atoms with Gasteiger partial charge in [-0.3, -0.25) is 9.78 Å². The Morgan fingerprint density at radius 1 is 0.962 bits per heavy atom. The van der Waals surface area contributed by atoms with E-state index in [0.29, 0.717) is 33.7 Å². The van der Waals surface area contributed by atoms with Gasteiger partial charge in [0.25, 0.3) is 5.91 Å². The number of pyridine rings is 1. The molecular weight excluding hydrogens is 393 g/mol. The molecule has 1 aromatic heterocycles. The zero-order valence-electron chi connectivity index (χ0n) is 13.7. The summed E-state index contributed by atoms with van der Waals surface area (Å²) in [6.07, 6.45) is 2.50. The number of hydrogen-bond acceptors (Lipinski definition) is 3. The van der Waals surface area contributed by atoms with E-state index < -0.39 is 0 Å². The second kappa shape index (κ2) is 8.58. The third-order valence-corrected chi connectivity index (χ3v) is 4.62. The number of aromatic nitrogens is 1. The maximum Gasteiger partial charge on any atom is 0.252 e. The molecule has 2 N–H and O–H groups in total. The summed E-state index contributed by atoms with van der Waals surface area (Å²) in [5.74, 6) is -0.212. The lowest BCUT2D eigenvalue weighted by Gasteiger charge is -2.10. The minimum atomic E-state index is -0.212. The number of fused-ring (bicyclic) bond motifs is 1. The average molecular weight is 409 g/mol. The molecule has 2 aromatic carbocycles. The average Bonchev–Trinajstić information content (AvgIpc) is 2.61. The van der Waals surface area contributed by atoms with Crippen LogP contribution in [-0.4, -0.2) is 24.0 Å². The summed E-state index contributed by atoms with van der Waals surface area (Å²) in [6, 6.07) is 12.3. The summed E-state index contributed by atoms with van der Waals surface area (Å²) in [4.78, 5) is 16.5. The molecule has 0 aliphatic carbocycles. The normalized spacial score (nSPS) is 10.7. The van der Waals surface area contributed by atoms with E-state index in [1.165, 1.54) is 0 Å². The number of carbonyl (C=O) groups excluding carboxylic acids is 1. The highest BCUT2D eigenvalue weighted by atomic mass is 35.5. The highest BCUT2D eigenvalue weighted by Crippen LogP contribution is 2.24. The molecule has 0 spiro atoms. The smallest absolute Gasteiger partial charge is 0.252 e. The van der Waals surface area contributed by atoms with Crippen molar-refractivity contribution in [2.24, 2.45) is 0 Å². The number of hydrogen-bond donors (Lipinski definition) is 2. The zero-order chi connectivity index (χ0) is 18.5. The van der Waals surface area contributed by atoms with Crippen molar-refractivity contribution in [2.45, 2.75) is 6.42 Å². The molecular formula is C19H16Cl3N3O. The summed E-state index contributed by atoms with van der Waals surface area (Å²) in [6.45, 7) is 1.23. The summed E-state index contributed by atoms with van der Waals surface area (Å²) in [5, 5.41) is 8.73. The Morgan fingerprint density at radius 2 is 1.73 bits per heavy atom. The Kier molecular flexibility index (Phi) is 6.20. The van der Waals surface area contributed by atoms with Crippen LogP contribution in [0.15, 0.2) is 48.7 Å². The molecule has 26 heavy (non-hydrogen) atoms. The van der Waals surface area contributed by atoms with Crippen molar-refractivity contribution in [1.29, 1.82) is 0 Å². The maximum absolute atomic E-state index is 12.1. The van der Waals surface area contributed by atoms with Crippen molar-refractivity contribution in [3.63, 3.8) is 0 Å². The second-order valence-electron chi connectivity index (χ2n) is 5.68. The predicted molar refractivity (Wildman–Crippen MR) is 109 cm³/mol. The SMILES string of the molecule is O=C(NCCCNc1ccnc2cc(Cl)ccc12)c1ccc(Cl)cc1Cl. The Balaban J connectivity index is 1.51. The predicted octanol–water partition coefficient (Wildman–Crippen LogP) is 5.43. The summed E-state index contributed by atoms with van der Waals surface area (Å²) >= 11 is 17.9. The Bertz CT molecular complexity index is 946. The summed E-state index contributed by atoms with van der Waals surface area (Å²) in [7, 11) is 0. The van der Waals surface area contributed by atoms with E-state index in [4.69, 9.17) is 34.8 Å². The molecule has 7 heteroatoms. The quantitative estimate of drug-likeness (QED) is 0.535. The summed E-state index contributed by atoms with van der Waals surface area (Å²) < 4.78 is 0. The van der Waals surface area contributed by atoms with Crippen LogP contribution >= 0.6 is 34.8 Å². The molecule has 0 atom stereocenters. The first-order valence-corrected chi connectivity index (χ1v) is 9.19. The lowest BCUT2D eigenvalue weighted by atomic mass is 10.2. The van der Waals surface area contributed by atoms with Crippen LogP contribution in [-0.2, 0) is 0 Å². The zero-order valence-corrected chi connectivity index (χ0v) is 16.0. The number of amides is 1. The van der Waals surface area contributed by atoms with Gasteiger partial charge in [0.05, 0.1) is 16.1 Å². The molecule has 0 fully saturated rings. The van der Waals surface area contributed by atoms with Crippen LogP contribution in [0.3, 0.4) is 0 Å². The topological polar surface area (TPSA) is 54.0 Å². The van der Waals surface area contributed by atoms with E-state index in [9.17, 15) is 4.79 Å². The molecule has 1 heterocycles. The Labute approximate surface area is 166 Å². The molecule has 1 amide bonds. The van der Waals surface area contributed by atoms with E-state index >= 15 is 0 Å². The first kappa shape index (κ1) is 18.8. The Hall–Kier alpha value is -2.01. The van der Waals surface area contributed by atoms with Crippen LogP contribution in [0.2, 0.25) is 15.1 Å². The highest BCUT2D eigenvalue weighted by molar-refractivity contribution is 6.36. The van der Waals surface area contributed by atoms with Gasteiger partial charge in [0.2, 0.25) is 0 Å². The number of anilines is 1. The monoisotopic (exact) mass is 407 g/mol.